The van der Waals surface area contributed by atoms with Gasteiger partial charge in [-0.25, -0.2) is 9.13 Å². The molecule has 0 amide bonds. The molecule has 0 heterocycles. The summed E-state index contributed by atoms with van der Waals surface area (Å²) in [5.41, 5.74) is 0. The molecule has 17 nitrogen and oxygen atoms in total. The van der Waals surface area contributed by atoms with Gasteiger partial charge in [-0.3, -0.25) is 37.3 Å². The van der Waals surface area contributed by atoms with E-state index in [1.165, 1.54) is 199 Å². The first-order valence-corrected chi connectivity index (χ1v) is 42.9. The second kappa shape index (κ2) is 67.5. The Morgan fingerprint density at radius 2 is 0.531 bits per heavy atom. The van der Waals surface area contributed by atoms with Crippen LogP contribution in [0.4, 0.5) is 0 Å². The van der Waals surface area contributed by atoms with Gasteiger partial charge in [0.1, 0.15) is 19.3 Å². The smallest absolute Gasteiger partial charge is 0.462 e. The van der Waals surface area contributed by atoms with Crippen LogP contribution < -0.4 is 0 Å². The summed E-state index contributed by atoms with van der Waals surface area (Å²) >= 11 is 0. The SMILES string of the molecule is CCCCCCCCCCCCCCCCCCCCCCC(=O)O[C@H](COC(=O)CCCCCCCCCCCCCC(C)C)COP(=O)(O)OC[C@@H](O)COP(=O)(O)OC[C@@H](COC(=O)CCCCCCCCCC(C)C)OC(=O)CCCCCCCCCCC(C)CC. The summed E-state index contributed by atoms with van der Waals surface area (Å²) in [6.07, 6.45) is 54.2. The fourth-order valence-corrected chi connectivity index (χ4v) is 13.3. The molecule has 0 aliphatic rings. The third-order valence-corrected chi connectivity index (χ3v) is 20.1. The Hall–Kier alpha value is -1.94. The molecule has 570 valence electrons. The van der Waals surface area contributed by atoms with Crippen molar-refractivity contribution >= 4 is 39.5 Å². The zero-order valence-corrected chi connectivity index (χ0v) is 64.6. The molecule has 6 atom stereocenters. The van der Waals surface area contributed by atoms with E-state index in [-0.39, 0.29) is 25.7 Å². The van der Waals surface area contributed by atoms with Gasteiger partial charge < -0.3 is 33.8 Å². The number of phosphoric acid groups is 2. The van der Waals surface area contributed by atoms with Crippen LogP contribution in [0.2, 0.25) is 0 Å². The van der Waals surface area contributed by atoms with Gasteiger partial charge in [0.15, 0.2) is 12.2 Å². The quantitative estimate of drug-likeness (QED) is 0.0222. The number of aliphatic hydroxyl groups is 1. The Kier molecular flexibility index (Phi) is 66.2. The summed E-state index contributed by atoms with van der Waals surface area (Å²) in [4.78, 5) is 72.8. The van der Waals surface area contributed by atoms with Crippen LogP contribution in [0.5, 0.6) is 0 Å². The molecule has 0 saturated heterocycles. The molecule has 0 bridgehead atoms. The van der Waals surface area contributed by atoms with Gasteiger partial charge in [0.25, 0.3) is 0 Å². The van der Waals surface area contributed by atoms with Crippen molar-refractivity contribution in [2.24, 2.45) is 17.8 Å². The van der Waals surface area contributed by atoms with Gasteiger partial charge in [0.2, 0.25) is 0 Å². The predicted octanol–water partition coefficient (Wildman–Crippen LogP) is 22.6. The lowest BCUT2D eigenvalue weighted by Crippen LogP contribution is -2.30. The van der Waals surface area contributed by atoms with Gasteiger partial charge in [0, 0.05) is 25.7 Å². The number of carbonyl (C=O) groups excluding carboxylic acids is 4. The van der Waals surface area contributed by atoms with E-state index in [0.717, 1.165) is 108 Å². The van der Waals surface area contributed by atoms with E-state index in [4.69, 9.17) is 37.0 Å². The molecule has 3 unspecified atom stereocenters. The molecule has 19 heteroatoms. The molecule has 0 aromatic rings. The molecule has 0 radical (unpaired) electrons. The van der Waals surface area contributed by atoms with E-state index in [9.17, 15) is 43.2 Å². The van der Waals surface area contributed by atoms with Crippen molar-refractivity contribution in [2.45, 2.75) is 414 Å². The topological polar surface area (TPSA) is 237 Å². The number of esters is 4. The summed E-state index contributed by atoms with van der Waals surface area (Å²) in [5, 5.41) is 10.6. The molecule has 3 N–H and O–H groups in total. The average molecular weight is 1410 g/mol. The van der Waals surface area contributed by atoms with E-state index >= 15 is 0 Å². The Balaban J connectivity index is 5.23. The van der Waals surface area contributed by atoms with Gasteiger partial charge in [-0.05, 0) is 43.4 Å². The molecule has 0 fully saturated rings. The lowest BCUT2D eigenvalue weighted by molar-refractivity contribution is -0.161. The van der Waals surface area contributed by atoms with E-state index in [2.05, 4.69) is 48.5 Å². The van der Waals surface area contributed by atoms with E-state index < -0.39 is 97.5 Å². The maximum atomic E-state index is 13.1. The molecule has 0 spiro atoms. The zero-order chi connectivity index (χ0) is 70.9. The van der Waals surface area contributed by atoms with Crippen LogP contribution in [-0.4, -0.2) is 96.7 Å². The zero-order valence-electron chi connectivity index (χ0n) is 62.8. The minimum absolute atomic E-state index is 0.104. The molecular weight excluding hydrogens is 1260 g/mol. The van der Waals surface area contributed by atoms with Gasteiger partial charge >= 0.3 is 39.5 Å². The normalized spacial score (nSPS) is 14.3. The molecule has 0 aliphatic carbocycles. The highest BCUT2D eigenvalue weighted by Crippen LogP contribution is 2.45. The third kappa shape index (κ3) is 69.2. The van der Waals surface area contributed by atoms with Crippen LogP contribution >= 0.6 is 15.6 Å². The van der Waals surface area contributed by atoms with E-state index in [1.807, 2.05) is 0 Å². The van der Waals surface area contributed by atoms with E-state index in [0.29, 0.717) is 31.6 Å². The second-order valence-electron chi connectivity index (χ2n) is 28.9. The Morgan fingerprint density at radius 3 is 0.792 bits per heavy atom. The number of ether oxygens (including phenoxy) is 4. The molecular formula is C77H150O17P2. The standard InChI is InChI=1S/C77H150O17P2/c1-8-10-11-12-13-14-15-16-17-18-19-20-21-22-23-26-30-38-46-53-60-76(81)93-72(64-87-74(79)58-51-44-37-29-27-24-25-28-34-41-48-55-68(3)4)66-91-95(83,84)89-62-71(78)63-90-96(85,86)92-67-73(65-88-75(80)59-52-45-40-33-35-42-49-56-69(5)6)94-77(82)61-54-47-39-32-31-36-43-50-57-70(7)9-2/h68-73,78H,8-67H2,1-7H3,(H,83,84)(H,85,86)/t70?,71-,72-,73-/m1/s1. The van der Waals surface area contributed by atoms with E-state index in [1.54, 1.807) is 0 Å². The second-order valence-corrected chi connectivity index (χ2v) is 31.8. The number of hydrogen-bond donors (Lipinski definition) is 3. The van der Waals surface area contributed by atoms with Crippen molar-refractivity contribution in [3.05, 3.63) is 0 Å². The predicted molar refractivity (Wildman–Crippen MR) is 391 cm³/mol. The highest BCUT2D eigenvalue weighted by molar-refractivity contribution is 7.47. The maximum Gasteiger partial charge on any atom is 0.472 e. The first-order valence-electron chi connectivity index (χ1n) is 39.9. The van der Waals surface area contributed by atoms with Gasteiger partial charge in [0.05, 0.1) is 26.4 Å². The lowest BCUT2D eigenvalue weighted by atomic mass is 9.99. The van der Waals surface area contributed by atoms with Gasteiger partial charge in [-0.1, -0.05) is 344 Å². The van der Waals surface area contributed by atoms with Crippen molar-refractivity contribution in [1.29, 1.82) is 0 Å². The minimum atomic E-state index is -4.96. The summed E-state index contributed by atoms with van der Waals surface area (Å²) in [6.45, 7) is 11.8. The van der Waals surface area contributed by atoms with Crippen LogP contribution in [0.3, 0.4) is 0 Å². The summed E-state index contributed by atoms with van der Waals surface area (Å²) < 4.78 is 68.5. The molecule has 0 rings (SSSR count). The third-order valence-electron chi connectivity index (χ3n) is 18.2. The lowest BCUT2D eigenvalue weighted by Gasteiger charge is -2.21. The molecule has 0 aliphatic heterocycles. The molecule has 0 aromatic heterocycles. The van der Waals surface area contributed by atoms with Gasteiger partial charge in [-0.15, -0.1) is 0 Å². The summed E-state index contributed by atoms with van der Waals surface area (Å²) in [5.74, 6) is 0.126. The van der Waals surface area contributed by atoms with Crippen LogP contribution in [0.25, 0.3) is 0 Å². The average Bonchev–Trinajstić information content (AvgIpc) is 2.20. The van der Waals surface area contributed by atoms with Crippen molar-refractivity contribution < 1.29 is 80.2 Å². The Morgan fingerprint density at radius 1 is 0.302 bits per heavy atom. The van der Waals surface area contributed by atoms with Crippen molar-refractivity contribution in [3.8, 4) is 0 Å². The van der Waals surface area contributed by atoms with Crippen LogP contribution in [0, 0.1) is 17.8 Å². The number of unbranched alkanes of at least 4 members (excludes halogenated alkanes) is 42. The number of phosphoric ester groups is 2. The van der Waals surface area contributed by atoms with Crippen LogP contribution in [-0.2, 0) is 65.4 Å². The highest BCUT2D eigenvalue weighted by atomic mass is 31.2. The summed E-state index contributed by atoms with van der Waals surface area (Å²) in [7, 11) is -9.91. The van der Waals surface area contributed by atoms with Crippen molar-refractivity contribution in [2.75, 3.05) is 39.6 Å². The number of hydrogen-bond acceptors (Lipinski definition) is 15. The number of rotatable bonds is 75. The number of carbonyl (C=O) groups is 4. The minimum Gasteiger partial charge on any atom is -0.462 e. The van der Waals surface area contributed by atoms with Crippen LogP contribution in [0.15, 0.2) is 0 Å². The van der Waals surface area contributed by atoms with Crippen molar-refractivity contribution in [3.63, 3.8) is 0 Å². The highest BCUT2D eigenvalue weighted by Gasteiger charge is 2.30. The van der Waals surface area contributed by atoms with Crippen molar-refractivity contribution in [1.82, 2.24) is 0 Å². The Bertz CT molecular complexity index is 1870. The fourth-order valence-electron chi connectivity index (χ4n) is 11.7. The molecule has 96 heavy (non-hydrogen) atoms. The fraction of sp³-hybridized carbons (Fsp3) is 0.948. The first kappa shape index (κ1) is 94.1. The molecule has 0 saturated carbocycles. The monoisotopic (exact) mass is 1410 g/mol. The Labute approximate surface area is 588 Å². The maximum absolute atomic E-state index is 13.1. The van der Waals surface area contributed by atoms with Gasteiger partial charge in [-0.2, -0.15) is 0 Å². The largest absolute Gasteiger partial charge is 0.472 e. The first-order chi connectivity index (χ1) is 46.3. The molecule has 0 aromatic carbocycles. The van der Waals surface area contributed by atoms with Crippen LogP contribution in [0.1, 0.15) is 395 Å². The summed E-state index contributed by atoms with van der Waals surface area (Å²) in [6, 6.07) is 0. The number of aliphatic hydroxyl groups excluding tert-OH is 1.